The van der Waals surface area contributed by atoms with E-state index >= 15 is 0 Å². The maximum Gasteiger partial charge on any atom is 0.131 e. The number of nitrogens with zero attached hydrogens (tertiary/aromatic N) is 2. The molecule has 0 aromatic carbocycles. The predicted octanol–water partition coefficient (Wildman–Crippen LogP) is 3.29. The van der Waals surface area contributed by atoms with Crippen molar-refractivity contribution < 1.29 is 0 Å². The van der Waals surface area contributed by atoms with Gasteiger partial charge in [0.2, 0.25) is 0 Å². The maximum absolute atomic E-state index is 4.78. The van der Waals surface area contributed by atoms with Crippen molar-refractivity contribution in [3.8, 4) is 0 Å². The zero-order chi connectivity index (χ0) is 13.7. The third kappa shape index (κ3) is 3.75. The second-order valence-electron chi connectivity index (χ2n) is 5.71. The van der Waals surface area contributed by atoms with Gasteiger partial charge in [-0.05, 0) is 58.2 Å². The fourth-order valence-corrected chi connectivity index (χ4v) is 3.01. The maximum atomic E-state index is 4.78. The molecule has 1 fully saturated rings. The van der Waals surface area contributed by atoms with E-state index in [0.717, 1.165) is 25.3 Å². The molecule has 3 heteroatoms. The van der Waals surface area contributed by atoms with Crippen LogP contribution in [0.4, 0.5) is 0 Å². The van der Waals surface area contributed by atoms with Gasteiger partial charge in [0.1, 0.15) is 5.82 Å². The molecule has 0 saturated heterocycles. The van der Waals surface area contributed by atoms with Crippen LogP contribution in [0.25, 0.3) is 0 Å². The van der Waals surface area contributed by atoms with E-state index in [0.29, 0.717) is 5.92 Å². The van der Waals surface area contributed by atoms with Gasteiger partial charge in [0.15, 0.2) is 0 Å². The molecule has 0 spiro atoms. The Morgan fingerprint density at radius 3 is 2.26 bits per heavy atom. The average Bonchev–Trinajstić information content (AvgIpc) is 2.90. The van der Waals surface area contributed by atoms with Crippen molar-refractivity contribution in [1.29, 1.82) is 0 Å². The normalized spacial score (nSPS) is 16.2. The van der Waals surface area contributed by atoms with Gasteiger partial charge in [-0.2, -0.15) is 0 Å². The van der Waals surface area contributed by atoms with Gasteiger partial charge in [-0.3, -0.25) is 0 Å². The Kier molecular flexibility index (Phi) is 5.32. The highest BCUT2D eigenvalue weighted by molar-refractivity contribution is 5.25. The van der Waals surface area contributed by atoms with Gasteiger partial charge in [0, 0.05) is 17.3 Å². The molecule has 0 aliphatic heterocycles. The summed E-state index contributed by atoms with van der Waals surface area (Å²) in [7, 11) is 0. The first-order valence-corrected chi connectivity index (χ1v) is 7.77. The SMILES string of the molecule is CCCNCCc1c(C)nc(C2CCCC2)nc1C. The Morgan fingerprint density at radius 2 is 1.68 bits per heavy atom. The largest absolute Gasteiger partial charge is 0.316 e. The van der Waals surface area contributed by atoms with E-state index in [4.69, 9.17) is 9.97 Å². The van der Waals surface area contributed by atoms with Gasteiger partial charge in [-0.15, -0.1) is 0 Å². The fourth-order valence-electron chi connectivity index (χ4n) is 3.01. The van der Waals surface area contributed by atoms with Crippen molar-refractivity contribution in [3.63, 3.8) is 0 Å². The minimum Gasteiger partial charge on any atom is -0.316 e. The van der Waals surface area contributed by atoms with E-state index < -0.39 is 0 Å². The number of aromatic nitrogens is 2. The lowest BCUT2D eigenvalue weighted by molar-refractivity contribution is 0.643. The summed E-state index contributed by atoms with van der Waals surface area (Å²) < 4.78 is 0. The number of hydrogen-bond donors (Lipinski definition) is 1. The first kappa shape index (κ1) is 14.4. The van der Waals surface area contributed by atoms with Gasteiger partial charge in [0.25, 0.3) is 0 Å². The zero-order valence-electron chi connectivity index (χ0n) is 12.6. The predicted molar refractivity (Wildman–Crippen MR) is 79.6 cm³/mol. The molecule has 1 aliphatic rings. The van der Waals surface area contributed by atoms with Gasteiger partial charge in [-0.25, -0.2) is 9.97 Å². The molecule has 3 nitrogen and oxygen atoms in total. The summed E-state index contributed by atoms with van der Waals surface area (Å²) >= 11 is 0. The van der Waals surface area contributed by atoms with Gasteiger partial charge < -0.3 is 5.32 Å². The number of nitrogens with one attached hydrogen (secondary N) is 1. The Labute approximate surface area is 117 Å². The molecule has 0 radical (unpaired) electrons. The molecule has 1 heterocycles. The molecule has 19 heavy (non-hydrogen) atoms. The van der Waals surface area contributed by atoms with E-state index in [2.05, 4.69) is 26.1 Å². The van der Waals surface area contributed by atoms with Gasteiger partial charge in [-0.1, -0.05) is 19.8 Å². The third-order valence-corrected chi connectivity index (χ3v) is 4.14. The standard InChI is InChI=1S/C16H27N3/c1-4-10-17-11-9-15-12(2)18-16(19-13(15)3)14-7-5-6-8-14/h14,17H,4-11H2,1-3H3. The van der Waals surface area contributed by atoms with Gasteiger partial charge >= 0.3 is 0 Å². The molecule has 0 unspecified atom stereocenters. The summed E-state index contributed by atoms with van der Waals surface area (Å²) in [5.74, 6) is 1.71. The average molecular weight is 261 g/mol. The summed E-state index contributed by atoms with van der Waals surface area (Å²) in [6.45, 7) is 8.61. The minimum absolute atomic E-state index is 0.615. The highest BCUT2D eigenvalue weighted by Crippen LogP contribution is 2.32. The summed E-state index contributed by atoms with van der Waals surface area (Å²) in [4.78, 5) is 9.55. The third-order valence-electron chi connectivity index (χ3n) is 4.14. The molecule has 106 valence electrons. The van der Waals surface area contributed by atoms with Crippen molar-refractivity contribution in [3.05, 3.63) is 22.8 Å². The van der Waals surface area contributed by atoms with E-state index in [1.165, 1.54) is 49.1 Å². The van der Waals surface area contributed by atoms with Crippen LogP contribution in [0.2, 0.25) is 0 Å². The molecule has 1 aromatic heterocycles. The molecule has 0 amide bonds. The minimum atomic E-state index is 0.615. The molecule has 1 N–H and O–H groups in total. The number of aryl methyl sites for hydroxylation is 2. The Hall–Kier alpha value is -0.960. The monoisotopic (exact) mass is 261 g/mol. The summed E-state index contributed by atoms with van der Waals surface area (Å²) in [5, 5.41) is 3.45. The van der Waals surface area contributed by atoms with Crippen molar-refractivity contribution >= 4 is 0 Å². The van der Waals surface area contributed by atoms with Crippen LogP contribution in [0.3, 0.4) is 0 Å². The molecule has 0 atom stereocenters. The molecule has 0 bridgehead atoms. The lowest BCUT2D eigenvalue weighted by Gasteiger charge is -2.14. The van der Waals surface area contributed by atoms with Crippen LogP contribution < -0.4 is 5.32 Å². The van der Waals surface area contributed by atoms with Crippen molar-refractivity contribution in [2.75, 3.05) is 13.1 Å². The number of rotatable bonds is 6. The van der Waals surface area contributed by atoms with Crippen molar-refractivity contribution in [2.24, 2.45) is 0 Å². The smallest absolute Gasteiger partial charge is 0.131 e. The Morgan fingerprint density at radius 1 is 1.05 bits per heavy atom. The second-order valence-corrected chi connectivity index (χ2v) is 5.71. The van der Waals surface area contributed by atoms with E-state index in [-0.39, 0.29) is 0 Å². The van der Waals surface area contributed by atoms with Crippen LogP contribution in [-0.2, 0) is 6.42 Å². The van der Waals surface area contributed by atoms with Crippen molar-refractivity contribution in [1.82, 2.24) is 15.3 Å². The van der Waals surface area contributed by atoms with Crippen LogP contribution in [-0.4, -0.2) is 23.1 Å². The molecule has 2 rings (SSSR count). The highest BCUT2D eigenvalue weighted by atomic mass is 14.9. The molecule has 1 saturated carbocycles. The summed E-state index contributed by atoms with van der Waals surface area (Å²) in [5.41, 5.74) is 3.71. The molecular weight excluding hydrogens is 234 g/mol. The summed E-state index contributed by atoms with van der Waals surface area (Å²) in [6, 6.07) is 0. The fraction of sp³-hybridized carbons (Fsp3) is 0.750. The lowest BCUT2D eigenvalue weighted by atomic mass is 10.0. The highest BCUT2D eigenvalue weighted by Gasteiger charge is 2.21. The van der Waals surface area contributed by atoms with Crippen LogP contribution in [0.5, 0.6) is 0 Å². The topological polar surface area (TPSA) is 37.8 Å². The van der Waals surface area contributed by atoms with Gasteiger partial charge in [0.05, 0.1) is 0 Å². The van der Waals surface area contributed by atoms with Crippen LogP contribution in [0.1, 0.15) is 67.7 Å². The molecular formula is C16H27N3. The Bertz CT molecular complexity index is 385. The first-order chi connectivity index (χ1) is 9.22. The molecule has 1 aliphatic carbocycles. The number of hydrogen-bond acceptors (Lipinski definition) is 3. The van der Waals surface area contributed by atoms with Crippen LogP contribution in [0, 0.1) is 13.8 Å². The van der Waals surface area contributed by atoms with Crippen molar-refractivity contribution in [2.45, 2.75) is 65.2 Å². The molecule has 1 aromatic rings. The van der Waals surface area contributed by atoms with Crippen LogP contribution >= 0.6 is 0 Å². The second kappa shape index (κ2) is 6.99. The quantitative estimate of drug-likeness (QED) is 0.798. The van der Waals surface area contributed by atoms with Crippen LogP contribution in [0.15, 0.2) is 0 Å². The van der Waals surface area contributed by atoms with E-state index in [1.807, 2.05) is 0 Å². The van der Waals surface area contributed by atoms with E-state index in [9.17, 15) is 0 Å². The summed E-state index contributed by atoms with van der Waals surface area (Å²) in [6.07, 6.45) is 7.47. The zero-order valence-corrected chi connectivity index (χ0v) is 12.6. The Balaban J connectivity index is 2.04. The van der Waals surface area contributed by atoms with E-state index in [1.54, 1.807) is 0 Å². The lowest BCUT2D eigenvalue weighted by Crippen LogP contribution is -2.19. The first-order valence-electron chi connectivity index (χ1n) is 7.77.